The van der Waals surface area contributed by atoms with Gasteiger partial charge in [-0.05, 0) is 18.9 Å². The minimum Gasteiger partial charge on any atom is -0.475 e. The molecule has 0 spiro atoms. The zero-order valence-electron chi connectivity index (χ0n) is 20.1. The van der Waals surface area contributed by atoms with Crippen molar-refractivity contribution in [2.45, 2.75) is 46.2 Å². The molecule has 8 nitrogen and oxygen atoms in total. The van der Waals surface area contributed by atoms with Gasteiger partial charge in [0.15, 0.2) is 5.96 Å². The Morgan fingerprint density at radius 1 is 1.19 bits per heavy atom. The van der Waals surface area contributed by atoms with Crippen molar-refractivity contribution in [3.8, 4) is 5.88 Å². The van der Waals surface area contributed by atoms with Crippen LogP contribution in [0.25, 0.3) is 0 Å². The molecule has 184 valence electrons. The number of pyridine rings is 1. The van der Waals surface area contributed by atoms with Crippen LogP contribution >= 0.6 is 24.0 Å². The van der Waals surface area contributed by atoms with E-state index in [0.29, 0.717) is 37.6 Å². The van der Waals surface area contributed by atoms with Crippen molar-refractivity contribution < 1.29 is 14.2 Å². The normalized spacial score (nSPS) is 15.8. The number of halogens is 1. The number of guanidine groups is 1. The van der Waals surface area contributed by atoms with E-state index >= 15 is 0 Å². The van der Waals surface area contributed by atoms with Gasteiger partial charge >= 0.3 is 0 Å². The Hall–Kier alpha value is -1.17. The number of methoxy groups -OCH3 is 1. The van der Waals surface area contributed by atoms with E-state index in [1.165, 1.54) is 12.8 Å². The molecule has 0 amide bonds. The highest BCUT2D eigenvalue weighted by atomic mass is 127. The number of aliphatic imine (C=N–C) groups is 1. The number of hydrogen-bond acceptors (Lipinski definition) is 6. The molecule has 1 saturated heterocycles. The Morgan fingerprint density at radius 2 is 1.94 bits per heavy atom. The monoisotopic (exact) mass is 563 g/mol. The Bertz CT molecular complexity index is 640. The highest BCUT2D eigenvalue weighted by Gasteiger charge is 2.27. The van der Waals surface area contributed by atoms with E-state index in [1.54, 1.807) is 13.3 Å². The molecule has 0 aromatic carbocycles. The maximum absolute atomic E-state index is 5.74. The molecule has 2 heterocycles. The van der Waals surface area contributed by atoms with Gasteiger partial charge in [-0.15, -0.1) is 24.0 Å². The smallest absolute Gasteiger partial charge is 0.218 e. The van der Waals surface area contributed by atoms with Crippen molar-refractivity contribution in [1.82, 2.24) is 20.5 Å². The lowest BCUT2D eigenvalue weighted by atomic mass is 9.92. The van der Waals surface area contributed by atoms with E-state index in [-0.39, 0.29) is 24.0 Å². The minimum atomic E-state index is 0. The Morgan fingerprint density at radius 3 is 2.59 bits per heavy atom. The predicted octanol–water partition coefficient (Wildman–Crippen LogP) is 2.92. The molecule has 1 aromatic heterocycles. The Balaban J connectivity index is 0.00000512. The first-order valence-corrected chi connectivity index (χ1v) is 11.6. The second kappa shape index (κ2) is 17.3. The highest BCUT2D eigenvalue weighted by Crippen LogP contribution is 2.20. The first-order chi connectivity index (χ1) is 15.2. The topological polar surface area (TPSA) is 80.2 Å². The van der Waals surface area contributed by atoms with Gasteiger partial charge in [0, 0.05) is 51.1 Å². The summed E-state index contributed by atoms with van der Waals surface area (Å²) in [7, 11) is 1.66. The fourth-order valence-corrected chi connectivity index (χ4v) is 3.94. The van der Waals surface area contributed by atoms with Gasteiger partial charge in [-0.1, -0.05) is 32.8 Å². The molecule has 0 saturated carbocycles. The number of hydrogen-bond donors (Lipinski definition) is 2. The Labute approximate surface area is 210 Å². The quantitative estimate of drug-likeness (QED) is 0.165. The summed E-state index contributed by atoms with van der Waals surface area (Å²) in [5.41, 5.74) is 0.959. The minimum absolute atomic E-state index is 0. The van der Waals surface area contributed by atoms with E-state index in [9.17, 15) is 0 Å². The summed E-state index contributed by atoms with van der Waals surface area (Å²) in [6, 6.07) is 4.38. The summed E-state index contributed by atoms with van der Waals surface area (Å²) in [4.78, 5) is 11.7. The van der Waals surface area contributed by atoms with Crippen LogP contribution in [0.15, 0.2) is 23.3 Å². The summed E-state index contributed by atoms with van der Waals surface area (Å²) in [6.07, 6.45) is 4.08. The van der Waals surface area contributed by atoms with E-state index in [4.69, 9.17) is 19.2 Å². The molecule has 1 aliphatic rings. The molecule has 1 fully saturated rings. The zero-order valence-corrected chi connectivity index (χ0v) is 22.5. The van der Waals surface area contributed by atoms with Crippen LogP contribution in [0, 0.1) is 5.92 Å². The Kier molecular flexibility index (Phi) is 15.6. The van der Waals surface area contributed by atoms with E-state index in [1.807, 2.05) is 12.1 Å². The molecule has 0 aliphatic carbocycles. The number of rotatable bonds is 13. The summed E-state index contributed by atoms with van der Waals surface area (Å²) in [6.45, 7) is 13.5. The summed E-state index contributed by atoms with van der Waals surface area (Å²) in [5, 5.41) is 6.96. The van der Waals surface area contributed by atoms with Crippen molar-refractivity contribution in [2.24, 2.45) is 10.9 Å². The fourth-order valence-electron chi connectivity index (χ4n) is 3.94. The van der Waals surface area contributed by atoms with Crippen molar-refractivity contribution in [3.63, 3.8) is 0 Å². The first-order valence-electron chi connectivity index (χ1n) is 11.6. The van der Waals surface area contributed by atoms with Gasteiger partial charge in [0.1, 0.15) is 6.61 Å². The number of nitrogens with one attached hydrogen (secondary N) is 2. The van der Waals surface area contributed by atoms with Gasteiger partial charge in [0.05, 0.1) is 26.4 Å². The lowest BCUT2D eigenvalue weighted by Gasteiger charge is -2.39. The number of ether oxygens (including phenoxy) is 3. The summed E-state index contributed by atoms with van der Waals surface area (Å²) < 4.78 is 16.4. The standard InChI is InChI=1S/C23H41N5O3.HI/c1-5-19(6-2)21(28-11-13-30-14-12-28)18-27-23(24-7-3)26-17-20-9-8-10-25-22(20)31-16-15-29-4;/h8-10,19,21H,5-7,11-18H2,1-4H3,(H2,24,26,27);1H. The van der Waals surface area contributed by atoms with Crippen LogP contribution in [0.4, 0.5) is 0 Å². The molecular formula is C23H42IN5O3. The highest BCUT2D eigenvalue weighted by molar-refractivity contribution is 14.0. The van der Waals surface area contributed by atoms with Gasteiger partial charge in [-0.2, -0.15) is 0 Å². The maximum Gasteiger partial charge on any atom is 0.218 e. The molecule has 2 rings (SSSR count). The van der Waals surface area contributed by atoms with Crippen molar-refractivity contribution >= 4 is 29.9 Å². The SMILES string of the molecule is CCNC(=NCc1cccnc1OCCOC)NCC(C(CC)CC)N1CCOCC1.I. The molecule has 1 unspecified atom stereocenters. The third-order valence-electron chi connectivity index (χ3n) is 5.71. The third kappa shape index (κ3) is 9.76. The second-order valence-electron chi connectivity index (χ2n) is 7.68. The number of morpholine rings is 1. The van der Waals surface area contributed by atoms with Crippen LogP contribution in [0.1, 0.15) is 39.2 Å². The average molecular weight is 564 g/mol. The van der Waals surface area contributed by atoms with Crippen molar-refractivity contribution in [1.29, 1.82) is 0 Å². The lowest BCUT2D eigenvalue weighted by molar-refractivity contribution is 0.00272. The molecule has 1 aromatic rings. The summed E-state index contributed by atoms with van der Waals surface area (Å²) in [5.74, 6) is 2.08. The molecule has 32 heavy (non-hydrogen) atoms. The molecule has 0 radical (unpaired) electrons. The number of nitrogens with zero attached hydrogens (tertiary/aromatic N) is 3. The van der Waals surface area contributed by atoms with Crippen LogP contribution in [-0.2, 0) is 16.0 Å². The first kappa shape index (κ1) is 28.9. The van der Waals surface area contributed by atoms with E-state index < -0.39 is 0 Å². The molecule has 1 aliphatic heterocycles. The third-order valence-corrected chi connectivity index (χ3v) is 5.71. The van der Waals surface area contributed by atoms with Crippen LogP contribution in [0.5, 0.6) is 5.88 Å². The van der Waals surface area contributed by atoms with Crippen molar-refractivity contribution in [3.05, 3.63) is 23.9 Å². The van der Waals surface area contributed by atoms with Crippen LogP contribution < -0.4 is 15.4 Å². The van der Waals surface area contributed by atoms with E-state index in [2.05, 4.69) is 41.3 Å². The molecule has 9 heteroatoms. The van der Waals surface area contributed by atoms with Crippen LogP contribution in [0.2, 0.25) is 0 Å². The van der Waals surface area contributed by atoms with Gasteiger partial charge in [0.25, 0.3) is 0 Å². The fraction of sp³-hybridized carbons (Fsp3) is 0.739. The van der Waals surface area contributed by atoms with Gasteiger partial charge < -0.3 is 24.8 Å². The molecule has 0 bridgehead atoms. The maximum atomic E-state index is 5.74. The molecule has 1 atom stereocenters. The van der Waals surface area contributed by atoms with Gasteiger partial charge in [-0.25, -0.2) is 9.98 Å². The summed E-state index contributed by atoms with van der Waals surface area (Å²) >= 11 is 0. The van der Waals surface area contributed by atoms with Gasteiger partial charge in [-0.3, -0.25) is 4.90 Å². The molecule has 2 N–H and O–H groups in total. The zero-order chi connectivity index (χ0) is 22.3. The van der Waals surface area contributed by atoms with Gasteiger partial charge in [0.2, 0.25) is 5.88 Å². The van der Waals surface area contributed by atoms with Crippen molar-refractivity contribution in [2.75, 3.05) is 59.7 Å². The van der Waals surface area contributed by atoms with Crippen LogP contribution in [0.3, 0.4) is 0 Å². The lowest BCUT2D eigenvalue weighted by Crippen LogP contribution is -2.53. The second-order valence-corrected chi connectivity index (χ2v) is 7.68. The van der Waals surface area contributed by atoms with E-state index in [0.717, 1.165) is 50.9 Å². The largest absolute Gasteiger partial charge is 0.475 e. The number of aromatic nitrogens is 1. The predicted molar refractivity (Wildman–Crippen MR) is 140 cm³/mol. The van der Waals surface area contributed by atoms with Crippen LogP contribution in [-0.4, -0.2) is 81.6 Å². The molecular weight excluding hydrogens is 521 g/mol. The average Bonchev–Trinajstić information content (AvgIpc) is 2.81.